The highest BCUT2D eigenvalue weighted by Crippen LogP contribution is 2.53. The van der Waals surface area contributed by atoms with E-state index in [1.54, 1.807) is 0 Å². The van der Waals surface area contributed by atoms with Gasteiger partial charge in [0.15, 0.2) is 5.58 Å². The van der Waals surface area contributed by atoms with Crippen molar-refractivity contribution in [3.05, 3.63) is 241 Å². The first-order valence-electron chi connectivity index (χ1n) is 34.3. The molecule has 0 amide bonds. The fourth-order valence-electron chi connectivity index (χ4n) is 16.6. The summed E-state index contributed by atoms with van der Waals surface area (Å²) in [6, 6.07) is 84.9. The third-order valence-electron chi connectivity index (χ3n) is 21.4. The van der Waals surface area contributed by atoms with Crippen LogP contribution in [0.3, 0.4) is 0 Å². The van der Waals surface area contributed by atoms with Crippen LogP contribution in [0.2, 0.25) is 11.1 Å². The second-order valence-corrected chi connectivity index (χ2v) is 37.0. The zero-order valence-corrected chi connectivity index (χ0v) is 58.6. The number of anilines is 9. The molecule has 3 aliphatic rings. The Kier molecular flexibility index (Phi) is 15.0. The number of para-hydroxylation sites is 3. The molecule has 0 spiro atoms. The molecule has 4 nitrogen and oxygen atoms in total. The molecule has 2 aliphatic heterocycles. The number of benzene rings is 10. The van der Waals surface area contributed by atoms with Crippen molar-refractivity contribution in [3.8, 4) is 11.1 Å². The summed E-state index contributed by atoms with van der Waals surface area (Å²) in [5.74, 6) is 0.559. The van der Waals surface area contributed by atoms with Crippen LogP contribution in [-0.4, -0.2) is 14.8 Å². The maximum atomic E-state index is 7.30. The van der Waals surface area contributed by atoms with Gasteiger partial charge in [0.2, 0.25) is 0 Å². The Labute approximate surface area is 558 Å². The van der Waals surface area contributed by atoms with Gasteiger partial charge in [-0.1, -0.05) is 254 Å². The van der Waals surface area contributed by atoms with Crippen LogP contribution >= 0.6 is 11.3 Å². The fraction of sp³-hybridized carbons (Fsp3) is 0.279. The van der Waals surface area contributed by atoms with Gasteiger partial charge in [0.05, 0.1) is 17.1 Å². The van der Waals surface area contributed by atoms with Crippen LogP contribution in [0.5, 0.6) is 0 Å². The molecule has 1 aliphatic carbocycles. The third kappa shape index (κ3) is 10.2. The van der Waals surface area contributed by atoms with Crippen molar-refractivity contribution in [2.75, 3.05) is 14.7 Å². The van der Waals surface area contributed by atoms with Crippen molar-refractivity contribution in [1.29, 1.82) is 0 Å². The Morgan fingerprint density at radius 2 is 1.09 bits per heavy atom. The molecule has 12 aromatic rings. The lowest BCUT2D eigenvalue weighted by molar-refractivity contribution is 0.444. The van der Waals surface area contributed by atoms with Crippen LogP contribution < -0.4 is 40.8 Å². The van der Waals surface area contributed by atoms with Crippen LogP contribution in [0.1, 0.15) is 150 Å². The van der Waals surface area contributed by atoms with Crippen LogP contribution in [0, 0.1) is 0 Å². The molecule has 0 unspecified atom stereocenters. The van der Waals surface area contributed by atoms with Crippen molar-refractivity contribution in [2.45, 2.75) is 155 Å². The van der Waals surface area contributed by atoms with E-state index >= 15 is 0 Å². The van der Waals surface area contributed by atoms with Gasteiger partial charge in [-0.05, 0) is 169 Å². The number of hydrogen-bond donors (Lipinski definition) is 0. The van der Waals surface area contributed by atoms with E-state index in [-0.39, 0.29) is 23.0 Å². The Hall–Kier alpha value is -8.36. The molecule has 93 heavy (non-hydrogen) atoms. The maximum absolute atomic E-state index is 7.30. The number of nitrogens with zero attached hydrogens (tertiary/aromatic N) is 3. The molecule has 0 atom stereocenters. The first kappa shape index (κ1) is 60.9. The van der Waals surface area contributed by atoms with Crippen LogP contribution in [0.4, 0.5) is 51.2 Å². The van der Waals surface area contributed by atoms with E-state index in [0.717, 1.165) is 50.4 Å². The summed E-state index contributed by atoms with van der Waals surface area (Å²) in [5, 5.41) is 6.52. The van der Waals surface area contributed by atoms with E-state index in [1.165, 1.54) is 124 Å². The molecular formula is C86H88BN3OSSi. The molecule has 2 aromatic heterocycles. The van der Waals surface area contributed by atoms with E-state index in [2.05, 4.69) is 323 Å². The highest BCUT2D eigenvalue weighted by Gasteiger charge is 2.50. The number of furan rings is 1. The molecule has 15 rings (SSSR count). The normalized spacial score (nSPS) is 14.6. The van der Waals surface area contributed by atoms with Gasteiger partial charge in [-0.3, -0.25) is 0 Å². The molecule has 7 heteroatoms. The van der Waals surface area contributed by atoms with E-state index in [9.17, 15) is 0 Å². The summed E-state index contributed by atoms with van der Waals surface area (Å²) in [5.41, 5.74) is 23.4. The van der Waals surface area contributed by atoms with Crippen molar-refractivity contribution in [2.24, 2.45) is 0 Å². The predicted molar refractivity (Wildman–Crippen MR) is 407 cm³/mol. The van der Waals surface area contributed by atoms with Crippen molar-refractivity contribution in [3.63, 3.8) is 0 Å². The monoisotopic (exact) mass is 1250 g/mol. The van der Waals surface area contributed by atoms with Gasteiger partial charge in [0, 0.05) is 65.3 Å². The van der Waals surface area contributed by atoms with E-state index in [1.807, 2.05) is 11.3 Å². The molecule has 0 radical (unpaired) electrons. The second-order valence-electron chi connectivity index (χ2n) is 30.8. The first-order chi connectivity index (χ1) is 44.7. The van der Waals surface area contributed by atoms with Gasteiger partial charge in [-0.15, -0.1) is 11.3 Å². The third-order valence-corrected chi connectivity index (χ3v) is 28.8. The molecular weight excluding hydrogens is 1160 g/mol. The van der Waals surface area contributed by atoms with Gasteiger partial charge in [-0.25, -0.2) is 0 Å². The SMILES string of the molecule is CC(C)[Si](c1ccc(C(C)(C)C)cc1)(c1cc2c3c(c1)N(c1cccc4c1oc1ccccc14)c1cc(N(c4ccc(C(C)(C)C)cc4)c4ccccc4-c4ccccc4)ccc1B3c1sc3ccc(C4CCCCC4)cc3c1N2c1ccc(C(C)(C)C)cc1)C(C)C. The van der Waals surface area contributed by atoms with Gasteiger partial charge in [0.1, 0.15) is 13.7 Å². The van der Waals surface area contributed by atoms with Crippen molar-refractivity contribution < 1.29 is 4.42 Å². The molecule has 0 N–H and O–H groups in total. The Morgan fingerprint density at radius 1 is 0.495 bits per heavy atom. The highest BCUT2D eigenvalue weighted by molar-refractivity contribution is 7.33. The predicted octanol–water partition coefficient (Wildman–Crippen LogP) is 22.3. The van der Waals surface area contributed by atoms with Crippen molar-refractivity contribution >= 4 is 135 Å². The van der Waals surface area contributed by atoms with E-state index < -0.39 is 8.07 Å². The lowest BCUT2D eigenvalue weighted by Crippen LogP contribution is -2.65. The minimum absolute atomic E-state index is 0.0160. The quantitative estimate of drug-likeness (QED) is 0.120. The Balaban J connectivity index is 1.09. The lowest BCUT2D eigenvalue weighted by Gasteiger charge is -2.46. The smallest absolute Gasteiger partial charge is 0.264 e. The maximum Gasteiger partial charge on any atom is 0.264 e. The van der Waals surface area contributed by atoms with Crippen molar-refractivity contribution in [1.82, 2.24) is 0 Å². The summed E-state index contributed by atoms with van der Waals surface area (Å²) < 4.78 is 10.0. The summed E-state index contributed by atoms with van der Waals surface area (Å²) in [7, 11) is -2.77. The number of rotatable bonds is 11. The Bertz CT molecular complexity index is 4790. The number of fused-ring (bicyclic) bond motifs is 9. The molecule has 0 saturated heterocycles. The fourth-order valence-corrected chi connectivity index (χ4v) is 23.7. The van der Waals surface area contributed by atoms with Gasteiger partial charge in [0.25, 0.3) is 6.71 Å². The minimum atomic E-state index is -2.77. The molecule has 1 fully saturated rings. The minimum Gasteiger partial charge on any atom is -0.454 e. The average Bonchev–Trinajstić information content (AvgIpc) is 1.68. The first-order valence-corrected chi connectivity index (χ1v) is 37.3. The summed E-state index contributed by atoms with van der Waals surface area (Å²) in [6.45, 7) is 31.0. The molecule has 4 heterocycles. The number of thiophene rings is 1. The Morgan fingerprint density at radius 3 is 1.75 bits per heavy atom. The molecule has 1 saturated carbocycles. The molecule has 466 valence electrons. The van der Waals surface area contributed by atoms with Gasteiger partial charge in [-0.2, -0.15) is 0 Å². The highest BCUT2D eigenvalue weighted by atomic mass is 32.1. The lowest BCUT2D eigenvalue weighted by atomic mass is 9.36. The van der Waals surface area contributed by atoms with E-state index in [0.29, 0.717) is 17.0 Å². The summed E-state index contributed by atoms with van der Waals surface area (Å²) >= 11 is 2.01. The van der Waals surface area contributed by atoms with Crippen LogP contribution in [-0.2, 0) is 16.2 Å². The zero-order chi connectivity index (χ0) is 64.5. The second kappa shape index (κ2) is 23.0. The zero-order valence-electron chi connectivity index (χ0n) is 56.8. The van der Waals surface area contributed by atoms with Gasteiger partial charge < -0.3 is 19.1 Å². The van der Waals surface area contributed by atoms with Crippen LogP contribution in [0.25, 0.3) is 43.2 Å². The standard InChI is InChI=1S/C86H88BN3OSSi/c1-55(2)93(56(3)4,66-47-40-62(41-48-66)86(11,12)13)67-53-76-80-77(54-67)90(74-33-24-31-70-69-30-21-23-34-78(69)91-82(70)74)75-52-65(88(63-42-36-60(37-43-63)84(5,6)7)73-32-22-20-29-68(73)58-27-18-15-19-28-58)46-49-72(75)87(80)83-81(89(76)64-44-38-61(39-45-64)85(8,9)10)71-51-59(35-50-79(71)92-83)57-25-16-14-17-26-57/h15,18-24,27-57H,14,16-17,25-26H2,1-13H3. The largest absolute Gasteiger partial charge is 0.454 e. The molecule has 10 aromatic carbocycles. The molecule has 0 bridgehead atoms. The number of hydrogen-bond acceptors (Lipinski definition) is 5. The van der Waals surface area contributed by atoms with Gasteiger partial charge >= 0.3 is 0 Å². The topological polar surface area (TPSA) is 22.9 Å². The van der Waals surface area contributed by atoms with Crippen LogP contribution in [0.15, 0.2) is 223 Å². The van der Waals surface area contributed by atoms with E-state index in [4.69, 9.17) is 4.42 Å². The summed E-state index contributed by atoms with van der Waals surface area (Å²) in [6.07, 6.45) is 6.42. The average molecular weight is 1250 g/mol. The summed E-state index contributed by atoms with van der Waals surface area (Å²) in [4.78, 5) is 7.93.